The number of hydrogen-bond donors (Lipinski definition) is 1. The number of rotatable bonds is 5. The maximum Gasteiger partial charge on any atom is 0.123 e. The van der Waals surface area contributed by atoms with Gasteiger partial charge in [-0.25, -0.2) is 4.39 Å². The van der Waals surface area contributed by atoms with Crippen LogP contribution in [0.1, 0.15) is 29.9 Å². The Balaban J connectivity index is 1.61. The van der Waals surface area contributed by atoms with E-state index in [0.29, 0.717) is 25.0 Å². The average molecular weight is 299 g/mol. The Morgan fingerprint density at radius 1 is 1.09 bits per heavy atom. The first-order chi connectivity index (χ1) is 10.7. The van der Waals surface area contributed by atoms with Gasteiger partial charge in [-0.05, 0) is 29.2 Å². The fourth-order valence-corrected chi connectivity index (χ4v) is 3.02. The van der Waals surface area contributed by atoms with Crippen LogP contribution in [0.3, 0.4) is 0 Å². The third kappa shape index (κ3) is 3.54. The normalized spacial score (nSPS) is 22.6. The van der Waals surface area contributed by atoms with Crippen molar-refractivity contribution in [3.63, 3.8) is 0 Å². The van der Waals surface area contributed by atoms with Crippen LogP contribution in [0.15, 0.2) is 54.6 Å². The topological polar surface area (TPSA) is 21.3 Å². The van der Waals surface area contributed by atoms with Crippen molar-refractivity contribution >= 4 is 0 Å². The first-order valence-corrected chi connectivity index (χ1v) is 7.85. The summed E-state index contributed by atoms with van der Waals surface area (Å²) in [5.41, 5.74) is 2.48. The van der Waals surface area contributed by atoms with Crippen LogP contribution in [0.4, 0.5) is 4.39 Å². The Morgan fingerprint density at radius 3 is 2.55 bits per heavy atom. The molecule has 0 spiro atoms. The summed E-state index contributed by atoms with van der Waals surface area (Å²) in [5, 5.41) is 3.62. The summed E-state index contributed by atoms with van der Waals surface area (Å²) >= 11 is 0. The monoisotopic (exact) mass is 299 g/mol. The molecule has 2 aromatic rings. The predicted molar refractivity (Wildman–Crippen MR) is 86.6 cm³/mol. The van der Waals surface area contributed by atoms with E-state index in [-0.39, 0.29) is 11.9 Å². The quantitative estimate of drug-likeness (QED) is 0.909. The Bertz CT molecular complexity index is 584. The fourth-order valence-electron chi connectivity index (χ4n) is 3.02. The molecule has 22 heavy (non-hydrogen) atoms. The second-order valence-electron chi connectivity index (χ2n) is 6.02. The van der Waals surface area contributed by atoms with E-state index in [1.807, 2.05) is 18.2 Å². The Kier molecular flexibility index (Phi) is 4.86. The van der Waals surface area contributed by atoms with Crippen molar-refractivity contribution in [2.75, 3.05) is 19.8 Å². The van der Waals surface area contributed by atoms with E-state index in [2.05, 4.69) is 36.5 Å². The molecule has 1 aliphatic rings. The third-order valence-electron chi connectivity index (χ3n) is 4.43. The van der Waals surface area contributed by atoms with Gasteiger partial charge in [0.1, 0.15) is 5.82 Å². The van der Waals surface area contributed by atoms with Crippen LogP contribution in [0.5, 0.6) is 0 Å². The predicted octanol–water partition coefficient (Wildman–Crippen LogP) is 3.70. The van der Waals surface area contributed by atoms with Crippen LogP contribution < -0.4 is 5.32 Å². The van der Waals surface area contributed by atoms with E-state index in [1.54, 1.807) is 0 Å². The molecule has 0 bridgehead atoms. The Morgan fingerprint density at radius 2 is 1.82 bits per heavy atom. The van der Waals surface area contributed by atoms with E-state index in [1.165, 1.54) is 17.7 Å². The summed E-state index contributed by atoms with van der Waals surface area (Å²) in [7, 11) is 0. The molecule has 116 valence electrons. The number of nitrogens with one attached hydrogen (secondary N) is 1. The molecule has 1 saturated heterocycles. The Labute approximate surface area is 131 Å². The highest BCUT2D eigenvalue weighted by Crippen LogP contribution is 2.26. The molecule has 3 rings (SSSR count). The van der Waals surface area contributed by atoms with Crippen molar-refractivity contribution in [3.8, 4) is 0 Å². The molecular formula is C19H22FNO. The highest BCUT2D eigenvalue weighted by atomic mass is 19.1. The van der Waals surface area contributed by atoms with Crippen LogP contribution in [-0.2, 0) is 4.74 Å². The standard InChI is InChI=1S/C19H22FNO/c1-14(15-5-3-2-4-6-15)11-21-19-13-22-12-18(19)16-7-9-17(20)10-8-16/h2-10,14,18-19,21H,11-13H2,1H3/t14-,18-,19+/m0/s1. The maximum absolute atomic E-state index is 13.1. The van der Waals surface area contributed by atoms with E-state index < -0.39 is 0 Å². The molecule has 0 aliphatic carbocycles. The highest BCUT2D eigenvalue weighted by Gasteiger charge is 2.29. The Hall–Kier alpha value is -1.71. The van der Waals surface area contributed by atoms with Gasteiger partial charge in [-0.3, -0.25) is 0 Å². The molecule has 0 unspecified atom stereocenters. The fraction of sp³-hybridized carbons (Fsp3) is 0.368. The second-order valence-corrected chi connectivity index (χ2v) is 6.02. The number of halogens is 1. The van der Waals surface area contributed by atoms with Crippen molar-refractivity contribution in [3.05, 3.63) is 71.5 Å². The lowest BCUT2D eigenvalue weighted by atomic mass is 9.93. The molecule has 1 heterocycles. The molecule has 1 aliphatic heterocycles. The van der Waals surface area contributed by atoms with Crippen LogP contribution in [0, 0.1) is 5.82 Å². The second kappa shape index (κ2) is 7.03. The van der Waals surface area contributed by atoms with Gasteiger partial charge in [0.15, 0.2) is 0 Å². The van der Waals surface area contributed by atoms with Crippen LogP contribution >= 0.6 is 0 Å². The summed E-state index contributed by atoms with van der Waals surface area (Å²) < 4.78 is 18.7. The summed E-state index contributed by atoms with van der Waals surface area (Å²) in [6, 6.07) is 17.6. The molecule has 2 aromatic carbocycles. The third-order valence-corrected chi connectivity index (χ3v) is 4.43. The van der Waals surface area contributed by atoms with E-state index in [4.69, 9.17) is 4.74 Å². The molecule has 1 fully saturated rings. The SMILES string of the molecule is C[C@@H](CN[C@@H]1COC[C@H]1c1ccc(F)cc1)c1ccccc1. The average Bonchev–Trinajstić information content (AvgIpc) is 3.02. The molecule has 0 amide bonds. The van der Waals surface area contributed by atoms with Gasteiger partial charge in [0, 0.05) is 18.5 Å². The minimum atomic E-state index is -0.190. The molecule has 1 N–H and O–H groups in total. The van der Waals surface area contributed by atoms with Crippen LogP contribution in [0.25, 0.3) is 0 Å². The number of ether oxygens (including phenoxy) is 1. The van der Waals surface area contributed by atoms with Crippen LogP contribution in [0.2, 0.25) is 0 Å². The van der Waals surface area contributed by atoms with Crippen molar-refractivity contribution < 1.29 is 9.13 Å². The first-order valence-electron chi connectivity index (χ1n) is 7.85. The first kappa shape index (κ1) is 15.2. The molecule has 0 saturated carbocycles. The maximum atomic E-state index is 13.1. The smallest absolute Gasteiger partial charge is 0.123 e. The zero-order chi connectivity index (χ0) is 15.4. The molecule has 3 atom stereocenters. The van der Waals surface area contributed by atoms with Gasteiger partial charge >= 0.3 is 0 Å². The van der Waals surface area contributed by atoms with Crippen molar-refractivity contribution in [1.82, 2.24) is 5.32 Å². The summed E-state index contributed by atoms with van der Waals surface area (Å²) in [6.45, 7) is 4.55. The lowest BCUT2D eigenvalue weighted by Gasteiger charge is -2.22. The van der Waals surface area contributed by atoms with E-state index in [0.717, 1.165) is 12.1 Å². The minimum absolute atomic E-state index is 0.190. The summed E-state index contributed by atoms with van der Waals surface area (Å²) in [6.07, 6.45) is 0. The zero-order valence-electron chi connectivity index (χ0n) is 12.8. The summed E-state index contributed by atoms with van der Waals surface area (Å²) in [5.74, 6) is 0.559. The summed E-state index contributed by atoms with van der Waals surface area (Å²) in [4.78, 5) is 0. The lowest BCUT2D eigenvalue weighted by Crippen LogP contribution is -2.36. The van der Waals surface area contributed by atoms with Gasteiger partial charge in [-0.15, -0.1) is 0 Å². The van der Waals surface area contributed by atoms with Gasteiger partial charge in [-0.2, -0.15) is 0 Å². The van der Waals surface area contributed by atoms with Crippen molar-refractivity contribution in [2.45, 2.75) is 24.8 Å². The van der Waals surface area contributed by atoms with Gasteiger partial charge in [0.25, 0.3) is 0 Å². The van der Waals surface area contributed by atoms with E-state index >= 15 is 0 Å². The van der Waals surface area contributed by atoms with Gasteiger partial charge in [-0.1, -0.05) is 49.4 Å². The number of hydrogen-bond acceptors (Lipinski definition) is 2. The molecule has 2 nitrogen and oxygen atoms in total. The zero-order valence-corrected chi connectivity index (χ0v) is 12.8. The minimum Gasteiger partial charge on any atom is -0.379 e. The van der Waals surface area contributed by atoms with Gasteiger partial charge in [0.2, 0.25) is 0 Å². The van der Waals surface area contributed by atoms with Gasteiger partial charge in [0.05, 0.1) is 13.2 Å². The lowest BCUT2D eigenvalue weighted by molar-refractivity contribution is 0.187. The van der Waals surface area contributed by atoms with Gasteiger partial charge < -0.3 is 10.1 Å². The molecular weight excluding hydrogens is 277 g/mol. The van der Waals surface area contributed by atoms with Crippen molar-refractivity contribution in [2.24, 2.45) is 0 Å². The highest BCUT2D eigenvalue weighted by molar-refractivity contribution is 5.24. The molecule has 0 radical (unpaired) electrons. The largest absolute Gasteiger partial charge is 0.379 e. The van der Waals surface area contributed by atoms with E-state index in [9.17, 15) is 4.39 Å². The molecule has 3 heteroatoms. The molecule has 0 aromatic heterocycles. The van der Waals surface area contributed by atoms with Crippen molar-refractivity contribution in [1.29, 1.82) is 0 Å². The number of benzene rings is 2. The van der Waals surface area contributed by atoms with Crippen LogP contribution in [-0.4, -0.2) is 25.8 Å².